The van der Waals surface area contributed by atoms with Crippen LogP contribution < -0.4 is 11.1 Å². The van der Waals surface area contributed by atoms with Crippen LogP contribution in [0.1, 0.15) is 24.8 Å². The molecule has 0 heterocycles. The van der Waals surface area contributed by atoms with Gasteiger partial charge in [0.1, 0.15) is 0 Å². The van der Waals surface area contributed by atoms with Gasteiger partial charge in [-0.15, -0.1) is 12.4 Å². The lowest BCUT2D eigenvalue weighted by Crippen LogP contribution is -2.55. The Labute approximate surface area is 118 Å². The molecule has 0 atom stereocenters. The summed E-state index contributed by atoms with van der Waals surface area (Å²) in [4.78, 5) is 11.7. The number of hydrogen-bond donors (Lipinski definition) is 2. The van der Waals surface area contributed by atoms with Crippen molar-refractivity contribution in [3.63, 3.8) is 0 Å². The van der Waals surface area contributed by atoms with Gasteiger partial charge in [0.25, 0.3) is 0 Å². The van der Waals surface area contributed by atoms with Gasteiger partial charge in [-0.2, -0.15) is 0 Å². The molecule has 1 aliphatic rings. The Hall–Kier alpha value is -0.770. The highest BCUT2D eigenvalue weighted by atomic mass is 35.5. The van der Waals surface area contributed by atoms with Gasteiger partial charge < -0.3 is 11.1 Å². The van der Waals surface area contributed by atoms with Crippen molar-refractivity contribution in [3.05, 3.63) is 34.9 Å². The molecule has 0 aliphatic heterocycles. The molecule has 5 heteroatoms. The second-order valence-electron chi connectivity index (χ2n) is 4.80. The Morgan fingerprint density at radius 1 is 1.33 bits per heavy atom. The molecular weight excluding hydrogens is 271 g/mol. The number of hydrogen-bond acceptors (Lipinski definition) is 2. The number of carbonyl (C=O) groups is 1. The molecule has 18 heavy (non-hydrogen) atoms. The Bertz CT molecular complexity index is 402. The van der Waals surface area contributed by atoms with E-state index in [0.717, 1.165) is 18.4 Å². The van der Waals surface area contributed by atoms with E-state index in [1.165, 1.54) is 6.42 Å². The maximum Gasteiger partial charge on any atom is 0.224 e. The van der Waals surface area contributed by atoms with Gasteiger partial charge in [0.05, 0.1) is 6.42 Å². The monoisotopic (exact) mass is 288 g/mol. The highest BCUT2D eigenvalue weighted by Crippen LogP contribution is 2.27. The normalized spacial score (nSPS) is 16.3. The molecule has 1 aliphatic carbocycles. The molecule has 1 aromatic carbocycles. The standard InChI is InChI=1S/C13H17ClN2O.ClH/c14-11-4-2-10(3-5-11)8-12(17)16-9-13(15)6-1-7-13;/h2-5H,1,6-9,15H2,(H,16,17);1H. The topological polar surface area (TPSA) is 55.1 Å². The number of carbonyl (C=O) groups excluding carboxylic acids is 1. The Kier molecular flexibility index (Phi) is 5.45. The number of halogens is 2. The van der Waals surface area contributed by atoms with Crippen LogP contribution in [-0.2, 0) is 11.2 Å². The summed E-state index contributed by atoms with van der Waals surface area (Å²) >= 11 is 5.78. The van der Waals surface area contributed by atoms with Crippen LogP contribution in [0.25, 0.3) is 0 Å². The van der Waals surface area contributed by atoms with E-state index in [4.69, 9.17) is 17.3 Å². The van der Waals surface area contributed by atoms with Crippen molar-refractivity contribution >= 4 is 29.9 Å². The minimum atomic E-state index is -0.157. The minimum absolute atomic E-state index is 0. The van der Waals surface area contributed by atoms with E-state index in [1.54, 1.807) is 12.1 Å². The van der Waals surface area contributed by atoms with E-state index >= 15 is 0 Å². The Morgan fingerprint density at radius 3 is 2.44 bits per heavy atom. The number of nitrogens with two attached hydrogens (primary N) is 1. The van der Waals surface area contributed by atoms with Crippen LogP contribution in [0.15, 0.2) is 24.3 Å². The number of rotatable bonds is 4. The van der Waals surface area contributed by atoms with E-state index < -0.39 is 0 Å². The molecule has 0 unspecified atom stereocenters. The van der Waals surface area contributed by atoms with Crippen LogP contribution in [0.5, 0.6) is 0 Å². The lowest BCUT2D eigenvalue weighted by molar-refractivity contribution is -0.120. The zero-order chi connectivity index (χ0) is 12.3. The number of amides is 1. The second-order valence-corrected chi connectivity index (χ2v) is 5.23. The average Bonchev–Trinajstić information content (AvgIpc) is 2.27. The first-order valence-electron chi connectivity index (χ1n) is 5.87. The van der Waals surface area contributed by atoms with E-state index in [2.05, 4.69) is 5.32 Å². The molecule has 0 spiro atoms. The molecule has 1 aromatic rings. The van der Waals surface area contributed by atoms with Crippen LogP contribution in [-0.4, -0.2) is 18.0 Å². The Balaban J connectivity index is 0.00000162. The van der Waals surface area contributed by atoms with Crippen LogP contribution >= 0.6 is 24.0 Å². The van der Waals surface area contributed by atoms with Gasteiger partial charge in [-0.05, 0) is 37.0 Å². The maximum absolute atomic E-state index is 11.7. The summed E-state index contributed by atoms with van der Waals surface area (Å²) in [5.41, 5.74) is 6.84. The highest BCUT2D eigenvalue weighted by Gasteiger charge is 2.32. The molecule has 1 fully saturated rings. The van der Waals surface area contributed by atoms with Crippen molar-refractivity contribution in [2.75, 3.05) is 6.54 Å². The quantitative estimate of drug-likeness (QED) is 0.893. The van der Waals surface area contributed by atoms with Crippen molar-refractivity contribution in [2.24, 2.45) is 5.73 Å². The predicted octanol–water partition coefficient (Wildman–Crippen LogP) is 2.30. The SMILES string of the molecule is Cl.NC1(CNC(=O)Cc2ccc(Cl)cc2)CCC1. The van der Waals surface area contributed by atoms with Crippen LogP contribution in [0.2, 0.25) is 5.02 Å². The summed E-state index contributed by atoms with van der Waals surface area (Å²) in [7, 11) is 0. The van der Waals surface area contributed by atoms with Crippen LogP contribution in [0.3, 0.4) is 0 Å². The summed E-state index contributed by atoms with van der Waals surface area (Å²) in [6.07, 6.45) is 3.57. The van der Waals surface area contributed by atoms with Gasteiger partial charge in [-0.25, -0.2) is 0 Å². The molecule has 100 valence electrons. The summed E-state index contributed by atoms with van der Waals surface area (Å²) in [6.45, 7) is 0.583. The molecular formula is C13H18Cl2N2O. The molecule has 0 saturated heterocycles. The summed E-state index contributed by atoms with van der Waals surface area (Å²) in [5.74, 6) is 0.0176. The predicted molar refractivity (Wildman–Crippen MR) is 76.2 cm³/mol. The van der Waals surface area contributed by atoms with Crippen LogP contribution in [0.4, 0.5) is 0 Å². The molecule has 0 bridgehead atoms. The van der Waals surface area contributed by atoms with Gasteiger partial charge in [0, 0.05) is 17.1 Å². The van der Waals surface area contributed by atoms with Gasteiger partial charge in [0.2, 0.25) is 5.91 Å². The summed E-state index contributed by atoms with van der Waals surface area (Å²) in [6, 6.07) is 7.31. The zero-order valence-electron chi connectivity index (χ0n) is 10.1. The maximum atomic E-state index is 11.7. The molecule has 0 aromatic heterocycles. The first-order chi connectivity index (χ1) is 8.07. The molecule has 2 rings (SSSR count). The molecule has 1 amide bonds. The fourth-order valence-electron chi connectivity index (χ4n) is 1.93. The third kappa shape index (κ3) is 4.16. The lowest BCUT2D eigenvalue weighted by Gasteiger charge is -2.38. The van der Waals surface area contributed by atoms with Gasteiger partial charge in [-0.1, -0.05) is 23.7 Å². The average molecular weight is 289 g/mol. The van der Waals surface area contributed by atoms with Crippen molar-refractivity contribution in [2.45, 2.75) is 31.2 Å². The summed E-state index contributed by atoms with van der Waals surface area (Å²) in [5, 5.41) is 3.58. The van der Waals surface area contributed by atoms with Gasteiger partial charge in [-0.3, -0.25) is 4.79 Å². The number of benzene rings is 1. The van der Waals surface area contributed by atoms with E-state index in [9.17, 15) is 4.79 Å². The molecule has 1 saturated carbocycles. The van der Waals surface area contributed by atoms with Crippen molar-refractivity contribution in [1.29, 1.82) is 0 Å². The third-order valence-electron chi connectivity index (χ3n) is 3.26. The molecule has 3 N–H and O–H groups in total. The summed E-state index contributed by atoms with van der Waals surface area (Å²) < 4.78 is 0. The fourth-order valence-corrected chi connectivity index (χ4v) is 2.06. The highest BCUT2D eigenvalue weighted by molar-refractivity contribution is 6.30. The first-order valence-corrected chi connectivity index (χ1v) is 6.25. The second kappa shape index (κ2) is 6.41. The van der Waals surface area contributed by atoms with Crippen LogP contribution in [0, 0.1) is 0 Å². The molecule has 0 radical (unpaired) electrons. The lowest BCUT2D eigenvalue weighted by atomic mass is 9.78. The smallest absolute Gasteiger partial charge is 0.224 e. The first kappa shape index (κ1) is 15.3. The van der Waals surface area contributed by atoms with Crippen molar-refractivity contribution in [3.8, 4) is 0 Å². The minimum Gasteiger partial charge on any atom is -0.354 e. The van der Waals surface area contributed by atoms with E-state index in [1.807, 2.05) is 12.1 Å². The van der Waals surface area contributed by atoms with Gasteiger partial charge in [0.15, 0.2) is 0 Å². The Morgan fingerprint density at radius 2 is 1.94 bits per heavy atom. The fraction of sp³-hybridized carbons (Fsp3) is 0.462. The van der Waals surface area contributed by atoms with E-state index in [-0.39, 0.29) is 23.9 Å². The number of nitrogens with one attached hydrogen (secondary N) is 1. The molecule has 3 nitrogen and oxygen atoms in total. The zero-order valence-corrected chi connectivity index (χ0v) is 11.7. The van der Waals surface area contributed by atoms with Crippen molar-refractivity contribution < 1.29 is 4.79 Å². The van der Waals surface area contributed by atoms with E-state index in [0.29, 0.717) is 18.0 Å². The van der Waals surface area contributed by atoms with Crippen molar-refractivity contribution in [1.82, 2.24) is 5.32 Å². The third-order valence-corrected chi connectivity index (χ3v) is 3.52. The largest absolute Gasteiger partial charge is 0.354 e. The van der Waals surface area contributed by atoms with Gasteiger partial charge >= 0.3 is 0 Å².